The molecule has 1 aromatic carbocycles. The van der Waals surface area contributed by atoms with E-state index in [-0.39, 0.29) is 13.0 Å². The molecule has 1 amide bonds. The number of hydrogen-bond donors (Lipinski definition) is 2. The first kappa shape index (κ1) is 14.8. The van der Waals surface area contributed by atoms with Crippen LogP contribution in [0.4, 0.5) is 18.9 Å². The minimum atomic E-state index is -4.19. The number of anilines is 1. The second kappa shape index (κ2) is 6.08. The second-order valence-electron chi connectivity index (χ2n) is 3.71. The molecule has 3 nitrogen and oxygen atoms in total. The van der Waals surface area contributed by atoms with Gasteiger partial charge in [0, 0.05) is 23.1 Å². The number of halogens is 4. The van der Waals surface area contributed by atoms with Crippen LogP contribution in [0.3, 0.4) is 0 Å². The van der Waals surface area contributed by atoms with Crippen molar-refractivity contribution in [3.8, 4) is 0 Å². The van der Waals surface area contributed by atoms with Gasteiger partial charge < -0.3 is 11.1 Å². The maximum absolute atomic E-state index is 11.9. The third-order valence-corrected chi connectivity index (χ3v) is 2.85. The Morgan fingerprint density at radius 1 is 1.39 bits per heavy atom. The molecule has 3 N–H and O–H groups in total. The lowest BCUT2D eigenvalue weighted by atomic mass is 10.2. The van der Waals surface area contributed by atoms with Crippen molar-refractivity contribution in [2.24, 2.45) is 0 Å². The molecule has 0 saturated carbocycles. The van der Waals surface area contributed by atoms with Crippen LogP contribution >= 0.6 is 15.9 Å². The molecule has 0 heterocycles. The van der Waals surface area contributed by atoms with Crippen LogP contribution < -0.4 is 11.1 Å². The topological polar surface area (TPSA) is 55.1 Å². The Labute approximate surface area is 111 Å². The summed E-state index contributed by atoms with van der Waals surface area (Å²) in [6.45, 7) is -0.0282. The second-order valence-corrected chi connectivity index (χ2v) is 4.57. The number of benzene rings is 1. The van der Waals surface area contributed by atoms with E-state index >= 15 is 0 Å². The zero-order valence-corrected chi connectivity index (χ0v) is 10.9. The molecule has 100 valence electrons. The van der Waals surface area contributed by atoms with Crippen molar-refractivity contribution in [2.45, 2.75) is 19.0 Å². The van der Waals surface area contributed by atoms with E-state index in [9.17, 15) is 18.0 Å². The summed E-state index contributed by atoms with van der Waals surface area (Å²) in [6.07, 6.45) is -5.25. The Hall–Kier alpha value is -1.24. The van der Waals surface area contributed by atoms with Crippen molar-refractivity contribution in [3.05, 3.63) is 28.2 Å². The highest BCUT2D eigenvalue weighted by atomic mass is 79.9. The van der Waals surface area contributed by atoms with Gasteiger partial charge >= 0.3 is 6.18 Å². The predicted octanol–water partition coefficient (Wildman–Crippen LogP) is 3.10. The molecule has 18 heavy (non-hydrogen) atoms. The Morgan fingerprint density at radius 2 is 2.06 bits per heavy atom. The fourth-order valence-electron chi connectivity index (χ4n) is 1.30. The summed E-state index contributed by atoms with van der Waals surface area (Å²) in [5.74, 6) is -0.448. The molecule has 7 heteroatoms. The fraction of sp³-hybridized carbons (Fsp3) is 0.364. The van der Waals surface area contributed by atoms with Crippen LogP contribution in [0, 0.1) is 0 Å². The quantitative estimate of drug-likeness (QED) is 0.660. The third kappa shape index (κ3) is 4.95. The largest absolute Gasteiger partial charge is 0.399 e. The Balaban J connectivity index is 2.48. The standard InChI is InChI=1S/C11H12BrF3N2O/c12-9-3-2-7(16)6-8(9)10(18)17-5-1-4-11(13,14)15/h2-3,6H,1,4-5,16H2,(H,17,18). The van der Waals surface area contributed by atoms with Crippen LogP contribution in [0.1, 0.15) is 23.2 Å². The molecule has 0 aliphatic heterocycles. The van der Waals surface area contributed by atoms with E-state index in [1.54, 1.807) is 12.1 Å². The molecule has 0 saturated heterocycles. The van der Waals surface area contributed by atoms with Crippen LogP contribution in [0.25, 0.3) is 0 Å². The molecule has 0 aliphatic rings. The smallest absolute Gasteiger partial charge is 0.389 e. The van der Waals surface area contributed by atoms with Gasteiger partial charge in [-0.05, 0) is 40.5 Å². The highest BCUT2D eigenvalue weighted by Crippen LogP contribution is 2.21. The van der Waals surface area contributed by atoms with E-state index in [0.717, 1.165) is 0 Å². The molecule has 0 bridgehead atoms. The van der Waals surface area contributed by atoms with Crippen molar-refractivity contribution in [2.75, 3.05) is 12.3 Å². The zero-order chi connectivity index (χ0) is 13.8. The van der Waals surface area contributed by atoms with Gasteiger partial charge in [0.1, 0.15) is 0 Å². The number of alkyl halides is 3. The van der Waals surface area contributed by atoms with Crippen molar-refractivity contribution >= 4 is 27.5 Å². The van der Waals surface area contributed by atoms with Crippen LogP contribution in [-0.4, -0.2) is 18.6 Å². The maximum atomic E-state index is 11.9. The number of nitrogens with two attached hydrogens (primary N) is 1. The molecule has 0 atom stereocenters. The van der Waals surface area contributed by atoms with Gasteiger partial charge in [0.05, 0.1) is 5.56 Å². The molecule has 0 fully saturated rings. The summed E-state index contributed by atoms with van der Waals surface area (Å²) in [6, 6.07) is 4.69. The van der Waals surface area contributed by atoms with Crippen molar-refractivity contribution in [1.82, 2.24) is 5.32 Å². The molecular formula is C11H12BrF3N2O. The summed E-state index contributed by atoms with van der Waals surface area (Å²) >= 11 is 3.18. The molecular weight excluding hydrogens is 313 g/mol. The van der Waals surface area contributed by atoms with Gasteiger partial charge in [-0.25, -0.2) is 0 Å². The molecule has 1 aromatic rings. The van der Waals surface area contributed by atoms with Gasteiger partial charge in [-0.1, -0.05) is 0 Å². The van der Waals surface area contributed by atoms with Crippen LogP contribution in [0.2, 0.25) is 0 Å². The molecule has 1 rings (SSSR count). The number of hydrogen-bond acceptors (Lipinski definition) is 2. The number of amides is 1. The van der Waals surface area contributed by atoms with E-state index in [1.165, 1.54) is 6.07 Å². The number of nitrogens with one attached hydrogen (secondary N) is 1. The van der Waals surface area contributed by atoms with Crippen LogP contribution in [0.5, 0.6) is 0 Å². The van der Waals surface area contributed by atoms with Gasteiger partial charge in [-0.15, -0.1) is 0 Å². The Morgan fingerprint density at radius 3 is 2.67 bits per heavy atom. The van der Waals surface area contributed by atoms with Crippen LogP contribution in [-0.2, 0) is 0 Å². The first-order valence-electron chi connectivity index (χ1n) is 5.19. The van der Waals surface area contributed by atoms with E-state index in [0.29, 0.717) is 15.7 Å². The monoisotopic (exact) mass is 324 g/mol. The summed E-state index contributed by atoms with van der Waals surface area (Å²) < 4.78 is 36.2. The fourth-order valence-corrected chi connectivity index (χ4v) is 1.73. The van der Waals surface area contributed by atoms with E-state index in [1.807, 2.05) is 0 Å². The molecule has 0 aliphatic carbocycles. The summed E-state index contributed by atoms with van der Waals surface area (Å²) in [5, 5.41) is 2.42. The average molecular weight is 325 g/mol. The lowest BCUT2D eigenvalue weighted by molar-refractivity contribution is -0.135. The van der Waals surface area contributed by atoms with E-state index in [2.05, 4.69) is 21.2 Å². The lowest BCUT2D eigenvalue weighted by Gasteiger charge is -2.09. The summed E-state index contributed by atoms with van der Waals surface area (Å²) in [7, 11) is 0. The van der Waals surface area contributed by atoms with Crippen LogP contribution in [0.15, 0.2) is 22.7 Å². The molecule has 0 radical (unpaired) electrons. The van der Waals surface area contributed by atoms with Gasteiger partial charge in [0.15, 0.2) is 0 Å². The Bertz CT molecular complexity index is 435. The molecule has 0 unspecified atom stereocenters. The highest BCUT2D eigenvalue weighted by Gasteiger charge is 2.26. The zero-order valence-electron chi connectivity index (χ0n) is 9.35. The normalized spacial score (nSPS) is 11.3. The first-order valence-corrected chi connectivity index (χ1v) is 5.99. The minimum absolute atomic E-state index is 0.0282. The van der Waals surface area contributed by atoms with Gasteiger partial charge in [-0.2, -0.15) is 13.2 Å². The molecule has 0 spiro atoms. The summed E-state index contributed by atoms with van der Waals surface area (Å²) in [5.41, 5.74) is 6.25. The third-order valence-electron chi connectivity index (χ3n) is 2.16. The maximum Gasteiger partial charge on any atom is 0.389 e. The number of carbonyl (C=O) groups is 1. The van der Waals surface area contributed by atoms with Crippen molar-refractivity contribution < 1.29 is 18.0 Å². The minimum Gasteiger partial charge on any atom is -0.399 e. The number of carbonyl (C=O) groups excluding carboxylic acids is 1. The van der Waals surface area contributed by atoms with E-state index < -0.39 is 18.5 Å². The predicted molar refractivity (Wildman–Crippen MR) is 66.2 cm³/mol. The molecule has 0 aromatic heterocycles. The number of nitrogen functional groups attached to an aromatic ring is 1. The van der Waals surface area contributed by atoms with Gasteiger partial charge in [0.2, 0.25) is 0 Å². The van der Waals surface area contributed by atoms with E-state index in [4.69, 9.17) is 5.73 Å². The Kier molecular flexibility index (Phi) is 5.01. The highest BCUT2D eigenvalue weighted by molar-refractivity contribution is 9.10. The number of rotatable bonds is 4. The SMILES string of the molecule is Nc1ccc(Br)c(C(=O)NCCCC(F)(F)F)c1. The van der Waals surface area contributed by atoms with Crippen molar-refractivity contribution in [3.63, 3.8) is 0 Å². The average Bonchev–Trinajstić information content (AvgIpc) is 2.26. The van der Waals surface area contributed by atoms with Gasteiger partial charge in [0.25, 0.3) is 5.91 Å². The lowest BCUT2D eigenvalue weighted by Crippen LogP contribution is -2.26. The summed E-state index contributed by atoms with van der Waals surface area (Å²) in [4.78, 5) is 11.7. The first-order chi connectivity index (χ1) is 8.29. The van der Waals surface area contributed by atoms with Gasteiger partial charge in [-0.3, -0.25) is 4.79 Å². The van der Waals surface area contributed by atoms with Crippen molar-refractivity contribution in [1.29, 1.82) is 0 Å².